The van der Waals surface area contributed by atoms with Crippen LogP contribution in [-0.4, -0.2) is 67.0 Å². The quantitative estimate of drug-likeness (QED) is 0.736. The lowest BCUT2D eigenvalue weighted by molar-refractivity contribution is -0.134. The van der Waals surface area contributed by atoms with Crippen molar-refractivity contribution in [3.05, 3.63) is 0 Å². The zero-order valence-electron chi connectivity index (χ0n) is 17.7. The molecule has 4 saturated carbocycles. The molecule has 1 heterocycles. The molecule has 0 aromatic heterocycles. The van der Waals surface area contributed by atoms with E-state index in [1.807, 2.05) is 0 Å². The standard InChI is InChI=1S/C22H35N3O4/c1-2-19(26)23-15-20(27)24-4-6-25(7-5-24)21(28)29-8-3-22-12-16-9-17(13-22)11-18(10-16)14-22/h16-18H,2-15H2,1H3,(H,23,26). The lowest BCUT2D eigenvalue weighted by Gasteiger charge is -2.57. The van der Waals surface area contributed by atoms with Crippen LogP contribution in [0.25, 0.3) is 0 Å². The summed E-state index contributed by atoms with van der Waals surface area (Å²) in [5.74, 6) is 2.54. The number of carbonyl (C=O) groups is 3. The number of hydrogen-bond donors (Lipinski definition) is 1. The first-order valence-corrected chi connectivity index (χ1v) is 11.4. The summed E-state index contributed by atoms with van der Waals surface area (Å²) in [6, 6.07) is 0. The Bertz CT molecular complexity index is 607. The third-order valence-electron chi connectivity index (χ3n) is 7.67. The maximum atomic E-state index is 12.5. The summed E-state index contributed by atoms with van der Waals surface area (Å²) < 4.78 is 5.64. The maximum absolute atomic E-state index is 12.5. The highest BCUT2D eigenvalue weighted by atomic mass is 16.6. The van der Waals surface area contributed by atoms with Crippen molar-refractivity contribution in [2.24, 2.45) is 23.2 Å². The molecule has 4 bridgehead atoms. The van der Waals surface area contributed by atoms with Crippen LogP contribution >= 0.6 is 0 Å². The molecule has 0 spiro atoms. The second-order valence-electron chi connectivity index (χ2n) is 9.78. The minimum Gasteiger partial charge on any atom is -0.449 e. The van der Waals surface area contributed by atoms with Gasteiger partial charge in [-0.15, -0.1) is 0 Å². The zero-order valence-corrected chi connectivity index (χ0v) is 17.7. The van der Waals surface area contributed by atoms with Crippen LogP contribution in [0.2, 0.25) is 0 Å². The molecule has 1 N–H and O–H groups in total. The molecule has 0 atom stereocenters. The Hall–Kier alpha value is -1.79. The minimum absolute atomic E-state index is 0.0299. The molecule has 0 unspecified atom stereocenters. The zero-order chi connectivity index (χ0) is 20.4. The predicted octanol–water partition coefficient (Wildman–Crippen LogP) is 2.40. The van der Waals surface area contributed by atoms with E-state index in [4.69, 9.17) is 4.74 Å². The maximum Gasteiger partial charge on any atom is 0.409 e. The first kappa shape index (κ1) is 20.5. The van der Waals surface area contributed by atoms with E-state index in [2.05, 4.69) is 5.32 Å². The molecule has 0 aromatic rings. The van der Waals surface area contributed by atoms with Crippen LogP contribution in [-0.2, 0) is 14.3 Å². The van der Waals surface area contributed by atoms with Crippen molar-refractivity contribution in [3.63, 3.8) is 0 Å². The van der Waals surface area contributed by atoms with Gasteiger partial charge in [0.25, 0.3) is 0 Å². The third-order valence-corrected chi connectivity index (χ3v) is 7.67. The number of nitrogens with one attached hydrogen (secondary N) is 1. The highest BCUT2D eigenvalue weighted by molar-refractivity contribution is 5.84. The Labute approximate surface area is 173 Å². The highest BCUT2D eigenvalue weighted by Gasteiger charge is 2.50. The lowest BCUT2D eigenvalue weighted by Crippen LogP contribution is -2.52. The van der Waals surface area contributed by atoms with Gasteiger partial charge in [-0.25, -0.2) is 4.79 Å². The summed E-state index contributed by atoms with van der Waals surface area (Å²) in [6.45, 7) is 4.27. The largest absolute Gasteiger partial charge is 0.449 e. The topological polar surface area (TPSA) is 79.0 Å². The fourth-order valence-corrected chi connectivity index (χ4v) is 6.59. The predicted molar refractivity (Wildman–Crippen MR) is 108 cm³/mol. The second kappa shape index (κ2) is 8.52. The monoisotopic (exact) mass is 405 g/mol. The molecule has 3 amide bonds. The summed E-state index contributed by atoms with van der Waals surface area (Å²) in [5, 5.41) is 2.61. The number of piperazine rings is 1. The molecule has 162 valence electrons. The molecule has 1 saturated heterocycles. The van der Waals surface area contributed by atoms with Gasteiger partial charge in [0, 0.05) is 32.6 Å². The lowest BCUT2D eigenvalue weighted by atomic mass is 9.49. The Kier molecular flexibility index (Phi) is 6.02. The van der Waals surface area contributed by atoms with Crippen molar-refractivity contribution in [2.45, 2.75) is 58.3 Å². The van der Waals surface area contributed by atoms with Crippen molar-refractivity contribution >= 4 is 17.9 Å². The van der Waals surface area contributed by atoms with Crippen LogP contribution in [0.5, 0.6) is 0 Å². The van der Waals surface area contributed by atoms with Crippen molar-refractivity contribution < 1.29 is 19.1 Å². The molecule has 5 rings (SSSR count). The fourth-order valence-electron chi connectivity index (χ4n) is 6.59. The number of ether oxygens (including phenoxy) is 1. The summed E-state index contributed by atoms with van der Waals surface area (Å²) in [7, 11) is 0. The van der Waals surface area contributed by atoms with Gasteiger partial charge in [-0.3, -0.25) is 9.59 Å². The summed E-state index contributed by atoms with van der Waals surface area (Å²) >= 11 is 0. The van der Waals surface area contributed by atoms with Crippen molar-refractivity contribution in [2.75, 3.05) is 39.3 Å². The van der Waals surface area contributed by atoms with Crippen LogP contribution in [0.15, 0.2) is 0 Å². The van der Waals surface area contributed by atoms with E-state index in [1.54, 1.807) is 16.7 Å². The van der Waals surface area contributed by atoms with Gasteiger partial charge in [-0.05, 0) is 68.1 Å². The first-order valence-electron chi connectivity index (χ1n) is 11.4. The minimum atomic E-state index is -0.249. The van der Waals surface area contributed by atoms with Crippen molar-refractivity contribution in [3.8, 4) is 0 Å². The molecular formula is C22H35N3O4. The molecule has 1 aliphatic heterocycles. The second-order valence-corrected chi connectivity index (χ2v) is 9.78. The number of rotatable bonds is 6. The molecule has 0 aromatic carbocycles. The number of hydrogen-bond acceptors (Lipinski definition) is 4. The van der Waals surface area contributed by atoms with E-state index in [-0.39, 0.29) is 24.5 Å². The highest BCUT2D eigenvalue weighted by Crippen LogP contribution is 2.61. The summed E-state index contributed by atoms with van der Waals surface area (Å²) in [5.41, 5.74) is 0.434. The summed E-state index contributed by atoms with van der Waals surface area (Å²) in [4.78, 5) is 39.3. The first-order chi connectivity index (χ1) is 14.0. The van der Waals surface area contributed by atoms with Crippen LogP contribution in [0.3, 0.4) is 0 Å². The van der Waals surface area contributed by atoms with Crippen LogP contribution in [0.4, 0.5) is 4.79 Å². The summed E-state index contributed by atoms with van der Waals surface area (Å²) in [6.07, 6.45) is 9.46. The number of amides is 3. The fraction of sp³-hybridized carbons (Fsp3) is 0.864. The average molecular weight is 406 g/mol. The Morgan fingerprint density at radius 2 is 1.48 bits per heavy atom. The van der Waals surface area contributed by atoms with Gasteiger partial charge in [0.2, 0.25) is 11.8 Å². The molecule has 7 nitrogen and oxygen atoms in total. The van der Waals surface area contributed by atoms with Gasteiger partial charge in [-0.2, -0.15) is 0 Å². The smallest absolute Gasteiger partial charge is 0.409 e. The van der Waals surface area contributed by atoms with Crippen LogP contribution in [0, 0.1) is 23.2 Å². The van der Waals surface area contributed by atoms with Gasteiger partial charge < -0.3 is 19.9 Å². The SMILES string of the molecule is CCC(=O)NCC(=O)N1CCN(C(=O)OCCC23CC4CC(CC(C4)C2)C3)CC1. The van der Waals surface area contributed by atoms with Gasteiger partial charge in [-0.1, -0.05) is 6.92 Å². The van der Waals surface area contributed by atoms with E-state index in [0.717, 1.165) is 24.2 Å². The normalized spacial score (nSPS) is 32.9. The third kappa shape index (κ3) is 4.69. The Morgan fingerprint density at radius 3 is 2.03 bits per heavy atom. The van der Waals surface area contributed by atoms with Gasteiger partial charge >= 0.3 is 6.09 Å². The molecular weight excluding hydrogens is 370 g/mol. The Morgan fingerprint density at radius 1 is 0.931 bits per heavy atom. The van der Waals surface area contributed by atoms with E-state index in [1.165, 1.54) is 38.5 Å². The van der Waals surface area contributed by atoms with E-state index in [9.17, 15) is 14.4 Å². The molecule has 0 radical (unpaired) electrons. The van der Waals surface area contributed by atoms with Gasteiger partial charge in [0.05, 0.1) is 13.2 Å². The van der Waals surface area contributed by atoms with E-state index < -0.39 is 0 Å². The number of nitrogens with zero attached hydrogens (tertiary/aromatic N) is 2. The molecule has 7 heteroatoms. The van der Waals surface area contributed by atoms with Gasteiger partial charge in [0.1, 0.15) is 0 Å². The average Bonchev–Trinajstić information content (AvgIpc) is 2.70. The van der Waals surface area contributed by atoms with Crippen molar-refractivity contribution in [1.29, 1.82) is 0 Å². The Balaban J connectivity index is 1.16. The van der Waals surface area contributed by atoms with Crippen LogP contribution in [0.1, 0.15) is 58.3 Å². The van der Waals surface area contributed by atoms with Gasteiger partial charge in [0.15, 0.2) is 0 Å². The van der Waals surface area contributed by atoms with E-state index in [0.29, 0.717) is 44.6 Å². The van der Waals surface area contributed by atoms with Crippen molar-refractivity contribution in [1.82, 2.24) is 15.1 Å². The molecule has 4 aliphatic carbocycles. The molecule has 5 fully saturated rings. The molecule has 29 heavy (non-hydrogen) atoms. The van der Waals surface area contributed by atoms with E-state index >= 15 is 0 Å². The number of carbonyl (C=O) groups excluding carboxylic acids is 3. The molecule has 5 aliphatic rings. The van der Waals surface area contributed by atoms with Crippen LogP contribution < -0.4 is 5.32 Å².